The average Bonchev–Trinajstić information content (AvgIpc) is 3.29. The summed E-state index contributed by atoms with van der Waals surface area (Å²) in [5, 5.41) is 11.4. The maximum Gasteiger partial charge on any atom is 0.191 e. The summed E-state index contributed by atoms with van der Waals surface area (Å²) >= 11 is 0. The van der Waals surface area contributed by atoms with Gasteiger partial charge in [0.25, 0.3) is 0 Å². The van der Waals surface area contributed by atoms with Crippen molar-refractivity contribution in [2.75, 3.05) is 6.54 Å². The number of guanidine groups is 1. The number of hydrogen-bond acceptors (Lipinski definition) is 3. The van der Waals surface area contributed by atoms with Crippen molar-refractivity contribution < 1.29 is 0 Å². The highest BCUT2D eigenvalue weighted by molar-refractivity contribution is 5.79. The topological polar surface area (TPSA) is 72.1 Å². The molecule has 0 aliphatic carbocycles. The van der Waals surface area contributed by atoms with E-state index in [2.05, 4.69) is 71.2 Å². The Bertz CT molecular complexity index is 981. The quantitative estimate of drug-likeness (QED) is 0.442. The predicted molar refractivity (Wildman–Crippen MR) is 122 cm³/mol. The molecule has 7 heteroatoms. The second-order valence-electron chi connectivity index (χ2n) is 7.91. The van der Waals surface area contributed by atoms with Gasteiger partial charge in [0.2, 0.25) is 0 Å². The van der Waals surface area contributed by atoms with Gasteiger partial charge in [0.1, 0.15) is 5.82 Å². The van der Waals surface area contributed by atoms with Crippen LogP contribution in [0.15, 0.2) is 47.7 Å². The molecule has 0 saturated heterocycles. The van der Waals surface area contributed by atoms with Crippen molar-refractivity contribution in [2.24, 2.45) is 10.9 Å². The highest BCUT2D eigenvalue weighted by atomic mass is 15.3. The zero-order chi connectivity index (χ0) is 21.5. The summed E-state index contributed by atoms with van der Waals surface area (Å²) in [7, 11) is 0. The van der Waals surface area contributed by atoms with Gasteiger partial charge in [-0.25, -0.2) is 14.7 Å². The molecule has 0 aliphatic rings. The van der Waals surface area contributed by atoms with Crippen LogP contribution in [0.2, 0.25) is 0 Å². The molecule has 3 rings (SSSR count). The summed E-state index contributed by atoms with van der Waals surface area (Å²) in [6.45, 7) is 13.5. The summed E-state index contributed by atoms with van der Waals surface area (Å²) in [6.07, 6.45) is 3.89. The molecule has 1 aromatic carbocycles. The van der Waals surface area contributed by atoms with Gasteiger partial charge in [0.15, 0.2) is 5.96 Å². The lowest BCUT2D eigenvalue weighted by molar-refractivity contribution is 0.503. The van der Waals surface area contributed by atoms with Crippen LogP contribution in [0.25, 0.3) is 5.69 Å². The first kappa shape index (κ1) is 21.6. The van der Waals surface area contributed by atoms with Crippen LogP contribution in [0.3, 0.4) is 0 Å². The lowest BCUT2D eigenvalue weighted by Crippen LogP contribution is -2.37. The Labute approximate surface area is 179 Å². The van der Waals surface area contributed by atoms with E-state index in [4.69, 9.17) is 4.99 Å². The standard InChI is InChI=1S/C23H33N7/c1-6-24-23(27-15-22-25-11-12-29(22)16-17(2)3)26-14-20-9-7-8-10-21(20)30-19(5)13-18(4)28-30/h7-13,17H,6,14-16H2,1-5H3,(H2,24,26,27). The van der Waals surface area contributed by atoms with Crippen LogP contribution < -0.4 is 10.6 Å². The molecule has 0 spiro atoms. The predicted octanol–water partition coefficient (Wildman–Crippen LogP) is 3.60. The van der Waals surface area contributed by atoms with Crippen LogP contribution >= 0.6 is 0 Å². The van der Waals surface area contributed by atoms with E-state index in [0.29, 0.717) is 19.0 Å². The molecule has 0 bridgehead atoms. The van der Waals surface area contributed by atoms with E-state index in [9.17, 15) is 0 Å². The molecule has 0 amide bonds. The third kappa shape index (κ3) is 5.49. The Hall–Kier alpha value is -3.09. The van der Waals surface area contributed by atoms with E-state index in [1.54, 1.807) is 0 Å². The summed E-state index contributed by atoms with van der Waals surface area (Å²) in [5.74, 6) is 2.36. The Morgan fingerprint density at radius 3 is 2.67 bits per heavy atom. The van der Waals surface area contributed by atoms with Crippen LogP contribution in [0.5, 0.6) is 0 Å². The number of hydrogen-bond donors (Lipinski definition) is 2. The highest BCUT2D eigenvalue weighted by Gasteiger charge is 2.09. The van der Waals surface area contributed by atoms with Gasteiger partial charge < -0.3 is 15.2 Å². The minimum atomic E-state index is 0.560. The molecule has 0 atom stereocenters. The van der Waals surface area contributed by atoms with Crippen LogP contribution in [0.4, 0.5) is 0 Å². The molecule has 0 aliphatic heterocycles. The highest BCUT2D eigenvalue weighted by Crippen LogP contribution is 2.17. The third-order valence-electron chi connectivity index (χ3n) is 4.76. The molecule has 2 aromatic heterocycles. The van der Waals surface area contributed by atoms with Crippen molar-refractivity contribution >= 4 is 5.96 Å². The first-order chi connectivity index (χ1) is 14.5. The Kier molecular flexibility index (Phi) is 7.27. The average molecular weight is 408 g/mol. The molecular weight excluding hydrogens is 374 g/mol. The van der Waals surface area contributed by atoms with Crippen molar-refractivity contribution in [2.45, 2.75) is 54.3 Å². The molecule has 30 heavy (non-hydrogen) atoms. The van der Waals surface area contributed by atoms with Crippen LogP contribution in [-0.4, -0.2) is 31.8 Å². The third-order valence-corrected chi connectivity index (χ3v) is 4.76. The zero-order valence-electron chi connectivity index (χ0n) is 18.7. The molecule has 160 valence electrons. The van der Waals surface area contributed by atoms with Crippen molar-refractivity contribution in [3.8, 4) is 5.69 Å². The lowest BCUT2D eigenvalue weighted by atomic mass is 10.2. The number of para-hydroxylation sites is 1. The van der Waals surface area contributed by atoms with E-state index in [0.717, 1.165) is 47.5 Å². The normalized spacial score (nSPS) is 11.9. The summed E-state index contributed by atoms with van der Waals surface area (Å²) in [5.41, 5.74) is 4.32. The number of nitrogens with one attached hydrogen (secondary N) is 2. The number of imidazole rings is 1. The first-order valence-electron chi connectivity index (χ1n) is 10.6. The molecule has 0 unspecified atom stereocenters. The van der Waals surface area contributed by atoms with E-state index >= 15 is 0 Å². The monoisotopic (exact) mass is 407 g/mol. The molecule has 0 fully saturated rings. The minimum Gasteiger partial charge on any atom is -0.357 e. The maximum atomic E-state index is 4.81. The molecule has 2 heterocycles. The van der Waals surface area contributed by atoms with Crippen molar-refractivity contribution in [1.82, 2.24) is 30.0 Å². The SMILES string of the molecule is CCNC(=NCc1ccccc1-n1nc(C)cc1C)NCc1nccn1CC(C)C. The van der Waals surface area contributed by atoms with Gasteiger partial charge in [-0.1, -0.05) is 32.0 Å². The zero-order valence-corrected chi connectivity index (χ0v) is 18.7. The van der Waals surface area contributed by atoms with Gasteiger partial charge in [0.05, 0.1) is 24.5 Å². The van der Waals surface area contributed by atoms with Crippen LogP contribution in [0, 0.1) is 19.8 Å². The van der Waals surface area contributed by atoms with Gasteiger partial charge in [-0.2, -0.15) is 5.10 Å². The van der Waals surface area contributed by atoms with Crippen molar-refractivity contribution in [3.63, 3.8) is 0 Å². The van der Waals surface area contributed by atoms with Gasteiger partial charge in [0, 0.05) is 31.2 Å². The van der Waals surface area contributed by atoms with Crippen LogP contribution in [-0.2, 0) is 19.6 Å². The Morgan fingerprint density at radius 1 is 1.17 bits per heavy atom. The lowest BCUT2D eigenvalue weighted by Gasteiger charge is -2.14. The number of benzene rings is 1. The fourth-order valence-corrected chi connectivity index (χ4v) is 3.46. The molecule has 0 radical (unpaired) electrons. The van der Waals surface area contributed by atoms with Gasteiger partial charge in [-0.15, -0.1) is 0 Å². The number of aromatic nitrogens is 4. The summed E-state index contributed by atoms with van der Waals surface area (Å²) in [4.78, 5) is 9.30. The summed E-state index contributed by atoms with van der Waals surface area (Å²) in [6, 6.07) is 10.4. The smallest absolute Gasteiger partial charge is 0.191 e. The van der Waals surface area contributed by atoms with E-state index in [1.807, 2.05) is 36.1 Å². The number of nitrogens with zero attached hydrogens (tertiary/aromatic N) is 5. The molecule has 3 aromatic rings. The largest absolute Gasteiger partial charge is 0.357 e. The second-order valence-corrected chi connectivity index (χ2v) is 7.91. The maximum absolute atomic E-state index is 4.81. The number of rotatable bonds is 8. The van der Waals surface area contributed by atoms with E-state index in [1.165, 1.54) is 0 Å². The summed E-state index contributed by atoms with van der Waals surface area (Å²) < 4.78 is 4.18. The fraction of sp³-hybridized carbons (Fsp3) is 0.435. The van der Waals surface area contributed by atoms with Gasteiger partial charge >= 0.3 is 0 Å². The fourth-order valence-electron chi connectivity index (χ4n) is 3.46. The van der Waals surface area contributed by atoms with Crippen molar-refractivity contribution in [3.05, 3.63) is 65.5 Å². The number of aliphatic imine (C=N–C) groups is 1. The van der Waals surface area contributed by atoms with Gasteiger partial charge in [-0.05, 0) is 44.4 Å². The Balaban J connectivity index is 1.75. The molecule has 7 nitrogen and oxygen atoms in total. The van der Waals surface area contributed by atoms with Crippen molar-refractivity contribution in [1.29, 1.82) is 0 Å². The second kappa shape index (κ2) is 10.1. The van der Waals surface area contributed by atoms with Gasteiger partial charge in [-0.3, -0.25) is 0 Å². The molecular formula is C23H33N7. The number of aryl methyl sites for hydroxylation is 2. The van der Waals surface area contributed by atoms with E-state index < -0.39 is 0 Å². The Morgan fingerprint density at radius 2 is 1.97 bits per heavy atom. The molecule has 0 saturated carbocycles. The minimum absolute atomic E-state index is 0.560. The molecule has 2 N–H and O–H groups in total. The van der Waals surface area contributed by atoms with E-state index in [-0.39, 0.29) is 0 Å². The first-order valence-corrected chi connectivity index (χ1v) is 10.6. The van der Waals surface area contributed by atoms with Crippen LogP contribution in [0.1, 0.15) is 43.5 Å².